The normalized spacial score (nSPS) is 24.8. The van der Waals surface area contributed by atoms with E-state index in [1.807, 2.05) is 31.2 Å². The summed E-state index contributed by atoms with van der Waals surface area (Å²) in [6, 6.07) is 7.64. The molecule has 0 bridgehead atoms. The van der Waals surface area contributed by atoms with Gasteiger partial charge in [-0.1, -0.05) is 19.1 Å². The molecule has 1 aromatic carbocycles. The first kappa shape index (κ1) is 16.1. The fourth-order valence-electron chi connectivity index (χ4n) is 3.53. The van der Waals surface area contributed by atoms with Crippen LogP contribution < -0.4 is 0 Å². The second kappa shape index (κ2) is 5.82. The second-order valence-corrected chi connectivity index (χ2v) is 9.25. The van der Waals surface area contributed by atoms with Crippen molar-refractivity contribution in [3.63, 3.8) is 0 Å². The van der Waals surface area contributed by atoms with Crippen molar-refractivity contribution in [1.29, 1.82) is 0 Å². The summed E-state index contributed by atoms with van der Waals surface area (Å²) in [6.45, 7) is 4.04. The summed E-state index contributed by atoms with van der Waals surface area (Å²) in [6.07, 6.45) is 1.73. The van der Waals surface area contributed by atoms with Crippen molar-refractivity contribution in [2.75, 3.05) is 32.1 Å². The number of fused-ring (bicyclic) bond motifs is 1. The van der Waals surface area contributed by atoms with Gasteiger partial charge in [-0.25, -0.2) is 17.7 Å². The summed E-state index contributed by atoms with van der Waals surface area (Å²) in [5.74, 6) is 0.820. The van der Waals surface area contributed by atoms with Crippen LogP contribution in [0.1, 0.15) is 31.6 Å². The number of oxazole rings is 1. The molecule has 2 fully saturated rings. The van der Waals surface area contributed by atoms with E-state index in [9.17, 15) is 8.42 Å². The van der Waals surface area contributed by atoms with Crippen molar-refractivity contribution in [2.24, 2.45) is 5.41 Å². The summed E-state index contributed by atoms with van der Waals surface area (Å²) < 4.78 is 38.2. The minimum absolute atomic E-state index is 0.0198. The molecule has 2 saturated heterocycles. The molecule has 0 radical (unpaired) electrons. The van der Waals surface area contributed by atoms with Gasteiger partial charge in [0.15, 0.2) is 11.5 Å². The van der Waals surface area contributed by atoms with E-state index in [1.54, 1.807) is 4.31 Å². The molecule has 0 spiro atoms. The molecule has 0 aliphatic carbocycles. The maximum atomic E-state index is 12.8. The van der Waals surface area contributed by atoms with E-state index in [4.69, 9.17) is 9.15 Å². The van der Waals surface area contributed by atoms with Gasteiger partial charge < -0.3 is 9.15 Å². The van der Waals surface area contributed by atoms with Gasteiger partial charge in [-0.3, -0.25) is 0 Å². The minimum Gasteiger partial charge on any atom is -0.440 e. The van der Waals surface area contributed by atoms with E-state index < -0.39 is 10.0 Å². The molecule has 1 aromatic heterocycles. The number of nitrogens with zero attached hydrogens (tertiary/aromatic N) is 2. The molecule has 0 unspecified atom stereocenters. The molecular weight excluding hydrogens is 328 g/mol. The molecule has 0 amide bonds. The standard InChI is InChI=1S/C17H22N2O4S/c1-17(10-22-11-17)12-24(20,21)19-8-4-5-13(9-19)16-18-14-6-2-3-7-15(14)23-16/h2-3,6-7,13H,4-5,8-12H2,1H3/t13-/m1/s1. The number of piperidine rings is 1. The average Bonchev–Trinajstić information content (AvgIpc) is 2.97. The average molecular weight is 350 g/mol. The van der Waals surface area contributed by atoms with Gasteiger partial charge in [-0.2, -0.15) is 0 Å². The van der Waals surface area contributed by atoms with Gasteiger partial charge in [0.05, 0.1) is 19.0 Å². The Labute approximate surface area is 141 Å². The number of aromatic nitrogens is 1. The molecule has 7 heteroatoms. The number of rotatable bonds is 4. The fraction of sp³-hybridized carbons (Fsp3) is 0.588. The summed E-state index contributed by atoms with van der Waals surface area (Å²) in [5.41, 5.74) is 1.34. The lowest BCUT2D eigenvalue weighted by atomic mass is 9.92. The summed E-state index contributed by atoms with van der Waals surface area (Å²) in [4.78, 5) is 4.55. The lowest BCUT2D eigenvalue weighted by Gasteiger charge is -2.40. The smallest absolute Gasteiger partial charge is 0.214 e. The third kappa shape index (κ3) is 2.96. The van der Waals surface area contributed by atoms with Gasteiger partial charge in [0, 0.05) is 24.4 Å². The van der Waals surface area contributed by atoms with E-state index in [1.165, 1.54) is 0 Å². The van der Waals surface area contributed by atoms with Crippen LogP contribution in [0.5, 0.6) is 0 Å². The van der Waals surface area contributed by atoms with Crippen molar-refractivity contribution >= 4 is 21.1 Å². The predicted molar refractivity (Wildman–Crippen MR) is 90.3 cm³/mol. The maximum Gasteiger partial charge on any atom is 0.214 e. The summed E-state index contributed by atoms with van der Waals surface area (Å²) in [5, 5.41) is 0. The first-order chi connectivity index (χ1) is 11.5. The molecule has 0 N–H and O–H groups in total. The Kier molecular flexibility index (Phi) is 3.89. The highest BCUT2D eigenvalue weighted by Gasteiger charge is 2.41. The Bertz CT molecular complexity index is 808. The number of ether oxygens (including phenoxy) is 1. The van der Waals surface area contributed by atoms with Gasteiger partial charge in [-0.15, -0.1) is 0 Å². The Balaban J connectivity index is 1.52. The molecule has 4 rings (SSSR count). The zero-order valence-corrected chi connectivity index (χ0v) is 14.6. The van der Waals surface area contributed by atoms with Gasteiger partial charge >= 0.3 is 0 Å². The molecule has 6 nitrogen and oxygen atoms in total. The second-order valence-electron chi connectivity index (χ2n) is 7.28. The Morgan fingerprint density at radius 1 is 1.33 bits per heavy atom. The van der Waals surface area contributed by atoms with Crippen LogP contribution in [0.25, 0.3) is 11.1 Å². The van der Waals surface area contributed by atoms with Crippen LogP contribution in [0, 0.1) is 5.41 Å². The quantitative estimate of drug-likeness (QED) is 0.846. The molecule has 0 saturated carbocycles. The first-order valence-electron chi connectivity index (χ1n) is 8.36. The summed E-state index contributed by atoms with van der Waals surface area (Å²) >= 11 is 0. The van der Waals surface area contributed by atoms with Crippen molar-refractivity contribution in [2.45, 2.75) is 25.7 Å². The lowest BCUT2D eigenvalue weighted by Crippen LogP contribution is -2.50. The Morgan fingerprint density at radius 2 is 2.12 bits per heavy atom. The van der Waals surface area contributed by atoms with Crippen LogP contribution in [-0.4, -0.2) is 49.8 Å². The van der Waals surface area contributed by atoms with E-state index in [0.29, 0.717) is 32.2 Å². The zero-order chi connectivity index (χ0) is 16.8. The molecule has 24 heavy (non-hydrogen) atoms. The third-order valence-electron chi connectivity index (χ3n) is 4.87. The number of benzene rings is 1. The highest BCUT2D eigenvalue weighted by atomic mass is 32.2. The van der Waals surface area contributed by atoms with Crippen LogP contribution >= 0.6 is 0 Å². The van der Waals surface area contributed by atoms with E-state index in [-0.39, 0.29) is 17.1 Å². The highest BCUT2D eigenvalue weighted by molar-refractivity contribution is 7.89. The first-order valence-corrected chi connectivity index (χ1v) is 9.97. The molecule has 2 aromatic rings. The monoisotopic (exact) mass is 350 g/mol. The van der Waals surface area contributed by atoms with Crippen LogP contribution in [0.4, 0.5) is 0 Å². The zero-order valence-electron chi connectivity index (χ0n) is 13.8. The van der Waals surface area contributed by atoms with Gasteiger partial charge in [0.1, 0.15) is 5.52 Å². The van der Waals surface area contributed by atoms with Gasteiger partial charge in [0.25, 0.3) is 0 Å². The maximum absolute atomic E-state index is 12.8. The molecule has 1 atom stereocenters. The number of hydrogen-bond acceptors (Lipinski definition) is 5. The SMILES string of the molecule is CC1(CS(=O)(=O)N2CCC[C@@H](c3nc4ccccc4o3)C2)COC1. The van der Waals surface area contributed by atoms with Crippen LogP contribution in [0.2, 0.25) is 0 Å². The molecule has 130 valence electrons. The van der Waals surface area contributed by atoms with Crippen molar-refractivity contribution in [1.82, 2.24) is 9.29 Å². The molecule has 2 aliphatic heterocycles. The topological polar surface area (TPSA) is 72.6 Å². The van der Waals surface area contributed by atoms with E-state index >= 15 is 0 Å². The molecule has 3 heterocycles. The van der Waals surface area contributed by atoms with Crippen molar-refractivity contribution < 1.29 is 17.6 Å². The van der Waals surface area contributed by atoms with Crippen molar-refractivity contribution in [3.05, 3.63) is 30.2 Å². The minimum atomic E-state index is -3.29. The summed E-state index contributed by atoms with van der Waals surface area (Å²) in [7, 11) is -3.29. The van der Waals surface area contributed by atoms with E-state index in [0.717, 1.165) is 23.9 Å². The Morgan fingerprint density at radius 3 is 2.83 bits per heavy atom. The number of sulfonamides is 1. The number of hydrogen-bond donors (Lipinski definition) is 0. The van der Waals surface area contributed by atoms with Crippen LogP contribution in [0.3, 0.4) is 0 Å². The molecular formula is C17H22N2O4S. The van der Waals surface area contributed by atoms with Crippen LogP contribution in [0.15, 0.2) is 28.7 Å². The third-order valence-corrected chi connectivity index (χ3v) is 7.05. The van der Waals surface area contributed by atoms with Gasteiger partial charge in [-0.05, 0) is 25.0 Å². The largest absolute Gasteiger partial charge is 0.440 e. The van der Waals surface area contributed by atoms with Crippen LogP contribution in [-0.2, 0) is 14.8 Å². The highest BCUT2D eigenvalue weighted by Crippen LogP contribution is 2.33. The fourth-order valence-corrected chi connectivity index (χ4v) is 5.57. The van der Waals surface area contributed by atoms with Crippen molar-refractivity contribution in [3.8, 4) is 0 Å². The Hall–Kier alpha value is -1.44. The van der Waals surface area contributed by atoms with E-state index in [2.05, 4.69) is 4.98 Å². The number of para-hydroxylation sites is 2. The van der Waals surface area contributed by atoms with Gasteiger partial charge in [0.2, 0.25) is 10.0 Å². The molecule has 2 aliphatic rings. The lowest BCUT2D eigenvalue weighted by molar-refractivity contribution is -0.0874. The predicted octanol–water partition coefficient (Wildman–Crippen LogP) is 2.37.